The van der Waals surface area contributed by atoms with Crippen molar-refractivity contribution in [3.05, 3.63) is 0 Å². The van der Waals surface area contributed by atoms with Gasteiger partial charge in [-0.05, 0) is 20.8 Å². The topological polar surface area (TPSA) is 80.2 Å². The summed E-state index contributed by atoms with van der Waals surface area (Å²) in [4.78, 5) is 0. The van der Waals surface area contributed by atoms with Crippen molar-refractivity contribution in [3.63, 3.8) is 0 Å². The first-order valence-corrected chi connectivity index (χ1v) is 1.72. The standard InChI is InChI=1S/C4H10O.Li.Na.2H2O/c1-4(2,3)5;;;;/h5H,1-3H3;;;2*1H2/q;2*+1;;/p-2. The zero-order valence-electron chi connectivity index (χ0n) is 6.84. The second-order valence-electron chi connectivity index (χ2n) is 2.17. The van der Waals surface area contributed by atoms with E-state index in [0.717, 1.165) is 0 Å². The summed E-state index contributed by atoms with van der Waals surface area (Å²) >= 11 is 0. The monoisotopic (exact) mass is 138 g/mol. The van der Waals surface area contributed by atoms with E-state index in [4.69, 9.17) is 5.11 Å². The Labute approximate surface area is 90.3 Å². The molecule has 0 aromatic carbocycles. The average Bonchev–Trinajstić information content (AvgIpc) is 0.722. The molecular weight excluding hydrogens is 126 g/mol. The van der Waals surface area contributed by atoms with Gasteiger partial charge in [-0.2, -0.15) is 0 Å². The maximum atomic E-state index is 8.52. The minimum Gasteiger partial charge on any atom is -0.870 e. The van der Waals surface area contributed by atoms with Gasteiger partial charge in [0.25, 0.3) is 0 Å². The minimum atomic E-state index is -0.500. The van der Waals surface area contributed by atoms with Crippen LogP contribution in [-0.2, 0) is 0 Å². The third kappa shape index (κ3) is 243. The number of hydrogen-bond donors (Lipinski definition) is 1. The van der Waals surface area contributed by atoms with Gasteiger partial charge < -0.3 is 16.1 Å². The first kappa shape index (κ1) is 31.4. The molecule has 5 heteroatoms. The van der Waals surface area contributed by atoms with Gasteiger partial charge in [-0.15, -0.1) is 0 Å². The Hall–Kier alpha value is 1.48. The Balaban J connectivity index is -0.0000000133. The van der Waals surface area contributed by atoms with Crippen LogP contribution >= 0.6 is 0 Å². The first-order chi connectivity index (χ1) is 2.00. The van der Waals surface area contributed by atoms with Crippen LogP contribution in [-0.4, -0.2) is 21.7 Å². The van der Waals surface area contributed by atoms with Crippen molar-refractivity contribution >= 4 is 0 Å². The van der Waals surface area contributed by atoms with Crippen molar-refractivity contribution in [3.8, 4) is 0 Å². The van der Waals surface area contributed by atoms with E-state index >= 15 is 0 Å². The van der Waals surface area contributed by atoms with Gasteiger partial charge in [-0.3, -0.25) is 0 Å². The van der Waals surface area contributed by atoms with Crippen LogP contribution in [0, 0.1) is 0 Å². The van der Waals surface area contributed by atoms with Crippen molar-refractivity contribution in [1.82, 2.24) is 0 Å². The molecular formula is C4H12LiNaO3. The summed E-state index contributed by atoms with van der Waals surface area (Å²) in [5.41, 5.74) is -0.500. The molecule has 0 amide bonds. The molecule has 0 spiro atoms. The first-order valence-electron chi connectivity index (χ1n) is 1.72. The summed E-state index contributed by atoms with van der Waals surface area (Å²) in [5, 5.41) is 8.52. The molecule has 0 saturated heterocycles. The van der Waals surface area contributed by atoms with Crippen LogP contribution in [0.4, 0.5) is 0 Å². The van der Waals surface area contributed by atoms with Gasteiger partial charge in [0, 0.05) is 0 Å². The molecule has 0 aliphatic heterocycles. The van der Waals surface area contributed by atoms with Crippen LogP contribution in [0.3, 0.4) is 0 Å². The molecule has 0 atom stereocenters. The van der Waals surface area contributed by atoms with Gasteiger partial charge in [-0.1, -0.05) is 0 Å². The summed E-state index contributed by atoms with van der Waals surface area (Å²) in [5.74, 6) is 0. The molecule has 0 aromatic heterocycles. The van der Waals surface area contributed by atoms with Crippen LogP contribution < -0.4 is 48.4 Å². The average molecular weight is 138 g/mol. The zero-order chi connectivity index (χ0) is 4.50. The van der Waals surface area contributed by atoms with Crippen LogP contribution in [0.25, 0.3) is 0 Å². The van der Waals surface area contributed by atoms with Crippen molar-refractivity contribution in [2.75, 3.05) is 0 Å². The molecule has 0 aromatic rings. The second kappa shape index (κ2) is 12.2. The predicted molar refractivity (Wildman–Crippen MR) is 25.8 cm³/mol. The third-order valence-electron chi connectivity index (χ3n) is 0. The van der Waals surface area contributed by atoms with Gasteiger partial charge in [0.15, 0.2) is 0 Å². The van der Waals surface area contributed by atoms with E-state index in [0.29, 0.717) is 0 Å². The normalized spacial score (nSPS) is 6.67. The number of rotatable bonds is 0. The fourth-order valence-electron chi connectivity index (χ4n) is 0. The molecule has 0 fully saturated rings. The van der Waals surface area contributed by atoms with Gasteiger partial charge in [0.05, 0.1) is 5.60 Å². The van der Waals surface area contributed by atoms with Gasteiger partial charge in [0.2, 0.25) is 0 Å². The maximum absolute atomic E-state index is 8.52. The second-order valence-corrected chi connectivity index (χ2v) is 2.17. The van der Waals surface area contributed by atoms with E-state index in [-0.39, 0.29) is 59.4 Å². The molecule has 0 heterocycles. The molecule has 0 saturated carbocycles. The van der Waals surface area contributed by atoms with Crippen molar-refractivity contribution in [2.24, 2.45) is 0 Å². The molecule has 0 aliphatic rings. The summed E-state index contributed by atoms with van der Waals surface area (Å²) in [6.45, 7) is 5.23. The molecule has 0 radical (unpaired) electrons. The van der Waals surface area contributed by atoms with Gasteiger partial charge in [-0.25, -0.2) is 0 Å². The number of hydrogen-bond acceptors (Lipinski definition) is 3. The quantitative estimate of drug-likeness (QED) is 0.339. The van der Waals surface area contributed by atoms with Crippen LogP contribution in [0.15, 0.2) is 0 Å². The Bertz CT molecular complexity index is 31.3. The maximum Gasteiger partial charge on any atom is 1.00 e. The van der Waals surface area contributed by atoms with Crippen molar-refractivity contribution in [1.29, 1.82) is 0 Å². The smallest absolute Gasteiger partial charge is 0.870 e. The summed E-state index contributed by atoms with van der Waals surface area (Å²) in [6.07, 6.45) is 0. The predicted octanol–water partition coefficient (Wildman–Crippen LogP) is -5.57. The van der Waals surface area contributed by atoms with E-state index in [2.05, 4.69) is 0 Å². The van der Waals surface area contributed by atoms with Crippen molar-refractivity contribution in [2.45, 2.75) is 26.4 Å². The number of aliphatic hydroxyl groups is 1. The Kier molecular flexibility index (Phi) is 42.5. The molecule has 0 unspecified atom stereocenters. The molecule has 0 bridgehead atoms. The third-order valence-corrected chi connectivity index (χ3v) is 0. The fraction of sp³-hybridized carbons (Fsp3) is 1.00. The Morgan fingerprint density at radius 2 is 1.00 bits per heavy atom. The molecule has 3 N–H and O–H groups in total. The fourth-order valence-corrected chi connectivity index (χ4v) is 0. The SMILES string of the molecule is CC(C)(C)O.[Li+].[Na+].[OH-].[OH-]. The minimum absolute atomic E-state index is 0. The zero-order valence-corrected chi connectivity index (χ0v) is 8.84. The molecule has 0 aliphatic carbocycles. The Morgan fingerprint density at radius 1 is 1.00 bits per heavy atom. The van der Waals surface area contributed by atoms with E-state index in [1.807, 2.05) is 0 Å². The van der Waals surface area contributed by atoms with Crippen LogP contribution in [0.1, 0.15) is 20.8 Å². The Morgan fingerprint density at radius 3 is 1.00 bits per heavy atom. The van der Waals surface area contributed by atoms with Crippen LogP contribution in [0.5, 0.6) is 0 Å². The summed E-state index contributed by atoms with van der Waals surface area (Å²) in [7, 11) is 0. The van der Waals surface area contributed by atoms with E-state index in [9.17, 15) is 0 Å². The van der Waals surface area contributed by atoms with E-state index < -0.39 is 5.60 Å². The summed E-state index contributed by atoms with van der Waals surface area (Å²) in [6, 6.07) is 0. The largest absolute Gasteiger partial charge is 1.00 e. The molecule has 9 heavy (non-hydrogen) atoms. The van der Waals surface area contributed by atoms with Crippen LogP contribution in [0.2, 0.25) is 0 Å². The summed E-state index contributed by atoms with van der Waals surface area (Å²) < 4.78 is 0. The molecule has 0 rings (SSSR count). The van der Waals surface area contributed by atoms with E-state index in [1.165, 1.54) is 0 Å². The molecule has 3 nitrogen and oxygen atoms in total. The molecule has 48 valence electrons. The van der Waals surface area contributed by atoms with Gasteiger partial charge >= 0.3 is 48.4 Å². The van der Waals surface area contributed by atoms with E-state index in [1.54, 1.807) is 20.8 Å². The van der Waals surface area contributed by atoms with Gasteiger partial charge in [0.1, 0.15) is 0 Å². The van der Waals surface area contributed by atoms with Crippen molar-refractivity contribution < 1.29 is 64.5 Å².